The molecule has 1 aliphatic heterocycles. The van der Waals surface area contributed by atoms with Crippen LogP contribution < -0.4 is 9.47 Å². The van der Waals surface area contributed by atoms with Crippen LogP contribution in [-0.4, -0.2) is 79.8 Å². The molecule has 1 aromatic carbocycles. The van der Waals surface area contributed by atoms with Gasteiger partial charge in [0.15, 0.2) is 11.5 Å². The average Bonchev–Trinajstić information content (AvgIpc) is 2.82. The number of nitrogens with zero attached hydrogens (tertiary/aromatic N) is 3. The van der Waals surface area contributed by atoms with Gasteiger partial charge in [-0.15, -0.1) is 0 Å². The standard InChI is InChI=1S/C25H41N3O3/c1-6-13-28(21-11-14-27(15-12-21)25(29)26(7-2)8-3)22-10-9-19-17-23(30-4)24(31-5)18-20(19)16-22/h17-18,21-22H,6-16H2,1-5H3. The van der Waals surface area contributed by atoms with Gasteiger partial charge in [0.2, 0.25) is 0 Å². The smallest absolute Gasteiger partial charge is 0.319 e. The lowest BCUT2D eigenvalue weighted by molar-refractivity contribution is 0.0684. The molecule has 31 heavy (non-hydrogen) atoms. The van der Waals surface area contributed by atoms with Crippen molar-refractivity contribution in [3.8, 4) is 11.5 Å². The molecule has 6 heteroatoms. The summed E-state index contributed by atoms with van der Waals surface area (Å²) < 4.78 is 11.1. The number of piperidine rings is 1. The van der Waals surface area contributed by atoms with Crippen molar-refractivity contribution in [1.29, 1.82) is 0 Å². The van der Waals surface area contributed by atoms with E-state index in [1.165, 1.54) is 17.5 Å². The molecule has 1 aromatic rings. The number of hydrogen-bond acceptors (Lipinski definition) is 4. The topological polar surface area (TPSA) is 45.2 Å². The molecule has 1 atom stereocenters. The number of likely N-dealkylation sites (tertiary alicyclic amines) is 1. The van der Waals surface area contributed by atoms with Gasteiger partial charge >= 0.3 is 6.03 Å². The van der Waals surface area contributed by atoms with Crippen LogP contribution in [0.5, 0.6) is 11.5 Å². The van der Waals surface area contributed by atoms with Crippen LogP contribution in [0.25, 0.3) is 0 Å². The predicted octanol–water partition coefficient (Wildman–Crippen LogP) is 4.20. The summed E-state index contributed by atoms with van der Waals surface area (Å²) in [5.41, 5.74) is 2.79. The molecule has 0 saturated carbocycles. The lowest BCUT2D eigenvalue weighted by Crippen LogP contribution is -2.53. The molecule has 0 aromatic heterocycles. The summed E-state index contributed by atoms with van der Waals surface area (Å²) in [7, 11) is 3.41. The minimum atomic E-state index is 0.207. The number of amides is 2. The molecule has 1 fully saturated rings. The number of carbonyl (C=O) groups is 1. The summed E-state index contributed by atoms with van der Waals surface area (Å²) in [4.78, 5) is 19.5. The zero-order valence-corrected chi connectivity index (χ0v) is 20.2. The number of benzene rings is 1. The molecular weight excluding hydrogens is 390 g/mol. The first kappa shape index (κ1) is 23.7. The summed E-state index contributed by atoms with van der Waals surface area (Å²) in [6.07, 6.45) is 6.63. The van der Waals surface area contributed by atoms with Crippen molar-refractivity contribution in [2.24, 2.45) is 0 Å². The van der Waals surface area contributed by atoms with Gasteiger partial charge in [0.25, 0.3) is 0 Å². The van der Waals surface area contributed by atoms with Crippen LogP contribution >= 0.6 is 0 Å². The highest BCUT2D eigenvalue weighted by atomic mass is 16.5. The molecule has 3 rings (SSSR count). The van der Waals surface area contributed by atoms with Crippen LogP contribution in [-0.2, 0) is 12.8 Å². The molecule has 1 heterocycles. The molecule has 2 amide bonds. The number of rotatable bonds is 8. The Labute approximate surface area is 188 Å². The van der Waals surface area contributed by atoms with Crippen molar-refractivity contribution in [2.75, 3.05) is 46.9 Å². The third-order valence-corrected chi connectivity index (χ3v) is 7.10. The van der Waals surface area contributed by atoms with E-state index in [9.17, 15) is 4.79 Å². The van der Waals surface area contributed by atoms with Crippen LogP contribution in [0.2, 0.25) is 0 Å². The van der Waals surface area contributed by atoms with E-state index in [2.05, 4.69) is 42.7 Å². The summed E-state index contributed by atoms with van der Waals surface area (Å²) in [6.45, 7) is 10.8. The first-order valence-corrected chi connectivity index (χ1v) is 12.1. The van der Waals surface area contributed by atoms with Gasteiger partial charge in [-0.05, 0) is 82.2 Å². The van der Waals surface area contributed by atoms with Crippen LogP contribution in [0.15, 0.2) is 12.1 Å². The fourth-order valence-corrected chi connectivity index (χ4v) is 5.35. The van der Waals surface area contributed by atoms with Crippen molar-refractivity contribution >= 4 is 6.03 Å². The maximum absolute atomic E-state index is 12.7. The highest BCUT2D eigenvalue weighted by Crippen LogP contribution is 2.36. The highest BCUT2D eigenvalue weighted by Gasteiger charge is 2.33. The second-order valence-electron chi connectivity index (χ2n) is 8.78. The van der Waals surface area contributed by atoms with Gasteiger partial charge in [0.1, 0.15) is 0 Å². The molecule has 6 nitrogen and oxygen atoms in total. The van der Waals surface area contributed by atoms with E-state index in [-0.39, 0.29) is 6.03 Å². The van der Waals surface area contributed by atoms with Crippen LogP contribution in [0, 0.1) is 0 Å². The quantitative estimate of drug-likeness (QED) is 0.619. The molecule has 0 spiro atoms. The number of carbonyl (C=O) groups excluding carboxylic acids is 1. The second kappa shape index (κ2) is 11.1. The molecule has 1 aliphatic carbocycles. The Kier molecular flexibility index (Phi) is 8.47. The zero-order valence-electron chi connectivity index (χ0n) is 20.2. The molecule has 1 saturated heterocycles. The molecule has 174 valence electrons. The van der Waals surface area contributed by atoms with E-state index in [0.717, 1.165) is 76.3 Å². The fraction of sp³-hybridized carbons (Fsp3) is 0.720. The van der Waals surface area contributed by atoms with Gasteiger partial charge in [-0.25, -0.2) is 4.79 Å². The number of urea groups is 1. The van der Waals surface area contributed by atoms with Gasteiger partial charge in [-0.3, -0.25) is 4.90 Å². The van der Waals surface area contributed by atoms with Crippen molar-refractivity contribution < 1.29 is 14.3 Å². The van der Waals surface area contributed by atoms with E-state index in [1.807, 2.05) is 4.90 Å². The normalized spacial score (nSPS) is 19.3. The Morgan fingerprint density at radius 2 is 1.58 bits per heavy atom. The molecule has 0 radical (unpaired) electrons. The number of hydrogen-bond donors (Lipinski definition) is 0. The Balaban J connectivity index is 1.67. The zero-order chi connectivity index (χ0) is 22.4. The Morgan fingerprint density at radius 3 is 2.13 bits per heavy atom. The highest BCUT2D eigenvalue weighted by molar-refractivity contribution is 5.74. The minimum absolute atomic E-state index is 0.207. The lowest BCUT2D eigenvalue weighted by Gasteiger charge is -2.44. The fourth-order valence-electron chi connectivity index (χ4n) is 5.35. The number of aryl methyl sites for hydroxylation is 1. The third-order valence-electron chi connectivity index (χ3n) is 7.10. The summed E-state index contributed by atoms with van der Waals surface area (Å²) >= 11 is 0. The first-order valence-electron chi connectivity index (χ1n) is 12.1. The van der Waals surface area contributed by atoms with Crippen molar-refractivity contribution in [3.63, 3.8) is 0 Å². The van der Waals surface area contributed by atoms with E-state index in [4.69, 9.17) is 9.47 Å². The monoisotopic (exact) mass is 431 g/mol. The molecule has 0 bridgehead atoms. The largest absolute Gasteiger partial charge is 0.493 e. The Bertz CT molecular complexity index is 727. The molecule has 2 aliphatic rings. The maximum Gasteiger partial charge on any atom is 0.319 e. The lowest BCUT2D eigenvalue weighted by atomic mass is 9.85. The summed E-state index contributed by atoms with van der Waals surface area (Å²) in [5, 5.41) is 0. The van der Waals surface area contributed by atoms with E-state index in [0.29, 0.717) is 12.1 Å². The van der Waals surface area contributed by atoms with Crippen LogP contribution in [0.1, 0.15) is 57.6 Å². The van der Waals surface area contributed by atoms with Gasteiger partial charge in [-0.1, -0.05) is 6.92 Å². The van der Waals surface area contributed by atoms with Gasteiger partial charge < -0.3 is 19.3 Å². The first-order chi connectivity index (χ1) is 15.1. The summed E-state index contributed by atoms with van der Waals surface area (Å²) in [5.74, 6) is 1.66. The van der Waals surface area contributed by atoms with Gasteiger partial charge in [0.05, 0.1) is 14.2 Å². The Morgan fingerprint density at radius 1 is 0.968 bits per heavy atom. The Hall–Kier alpha value is -1.95. The molecule has 1 unspecified atom stereocenters. The minimum Gasteiger partial charge on any atom is -0.493 e. The van der Waals surface area contributed by atoms with E-state index in [1.54, 1.807) is 14.2 Å². The average molecular weight is 432 g/mol. The van der Waals surface area contributed by atoms with Gasteiger partial charge in [0, 0.05) is 38.3 Å². The molecular formula is C25H41N3O3. The van der Waals surface area contributed by atoms with Crippen molar-refractivity contribution in [2.45, 2.75) is 71.4 Å². The van der Waals surface area contributed by atoms with Crippen LogP contribution in [0.4, 0.5) is 4.79 Å². The summed E-state index contributed by atoms with van der Waals surface area (Å²) in [6, 6.07) is 5.66. The van der Waals surface area contributed by atoms with Crippen LogP contribution in [0.3, 0.4) is 0 Å². The molecule has 0 N–H and O–H groups in total. The number of methoxy groups -OCH3 is 2. The van der Waals surface area contributed by atoms with Gasteiger partial charge in [-0.2, -0.15) is 0 Å². The van der Waals surface area contributed by atoms with Crippen molar-refractivity contribution in [1.82, 2.24) is 14.7 Å². The third kappa shape index (κ3) is 5.28. The predicted molar refractivity (Wildman–Crippen MR) is 125 cm³/mol. The van der Waals surface area contributed by atoms with Crippen molar-refractivity contribution in [3.05, 3.63) is 23.3 Å². The van der Waals surface area contributed by atoms with E-state index >= 15 is 0 Å². The maximum atomic E-state index is 12.7. The SMILES string of the molecule is CCCN(C1CCN(C(=O)N(CC)CC)CC1)C1CCc2cc(OC)c(OC)cc2C1. The van der Waals surface area contributed by atoms with E-state index < -0.39 is 0 Å². The second-order valence-corrected chi connectivity index (χ2v) is 8.78. The number of fused-ring (bicyclic) bond motifs is 1. The number of ether oxygens (including phenoxy) is 2.